The molecule has 1 aliphatic heterocycles. The lowest BCUT2D eigenvalue weighted by Gasteiger charge is -2.35. The predicted octanol–water partition coefficient (Wildman–Crippen LogP) is 1.45. The minimum absolute atomic E-state index is 0.0404. The number of aromatic nitrogens is 2. The molecule has 2 aromatic rings. The lowest BCUT2D eigenvalue weighted by molar-refractivity contribution is 0.212. The van der Waals surface area contributed by atoms with Crippen molar-refractivity contribution in [2.24, 2.45) is 0 Å². The summed E-state index contributed by atoms with van der Waals surface area (Å²) in [6, 6.07) is 5.85. The van der Waals surface area contributed by atoms with E-state index in [0.717, 1.165) is 56.4 Å². The number of piperazine rings is 1. The fraction of sp³-hybridized carbons (Fsp3) is 0.500. The summed E-state index contributed by atoms with van der Waals surface area (Å²) in [5.41, 5.74) is 1.08. The second-order valence-corrected chi connectivity index (χ2v) is 5.51. The molecule has 0 aromatic carbocycles. The van der Waals surface area contributed by atoms with Crippen LogP contribution in [0.15, 0.2) is 28.9 Å². The highest BCUT2D eigenvalue weighted by Gasteiger charge is 2.19. The molecule has 1 saturated heterocycles. The third kappa shape index (κ3) is 3.45. The van der Waals surface area contributed by atoms with Gasteiger partial charge in [0.15, 0.2) is 0 Å². The summed E-state index contributed by atoms with van der Waals surface area (Å²) in [5.74, 6) is 2.56. The van der Waals surface area contributed by atoms with Crippen LogP contribution in [0.5, 0.6) is 0 Å². The summed E-state index contributed by atoms with van der Waals surface area (Å²) in [4.78, 5) is 13.3. The Bertz CT molecular complexity index is 606. The van der Waals surface area contributed by atoms with Gasteiger partial charge in [-0.2, -0.15) is 0 Å². The van der Waals surface area contributed by atoms with Gasteiger partial charge >= 0.3 is 0 Å². The Morgan fingerprint density at radius 3 is 2.59 bits per heavy atom. The van der Waals surface area contributed by atoms with Crippen molar-refractivity contribution in [2.75, 3.05) is 31.1 Å². The molecule has 0 aliphatic carbocycles. The molecule has 0 amide bonds. The smallest absolute Gasteiger partial charge is 0.132 e. The van der Waals surface area contributed by atoms with Crippen LogP contribution in [0.2, 0.25) is 0 Å². The number of anilines is 1. The Labute approximate surface area is 130 Å². The first-order valence-corrected chi connectivity index (χ1v) is 7.75. The molecule has 0 radical (unpaired) electrons. The fourth-order valence-electron chi connectivity index (χ4n) is 2.70. The zero-order valence-corrected chi connectivity index (χ0v) is 12.9. The zero-order chi connectivity index (χ0) is 15.4. The van der Waals surface area contributed by atoms with Gasteiger partial charge in [0.25, 0.3) is 0 Å². The van der Waals surface area contributed by atoms with Crippen LogP contribution in [0.25, 0.3) is 0 Å². The van der Waals surface area contributed by atoms with Crippen LogP contribution in [0.1, 0.15) is 24.1 Å². The van der Waals surface area contributed by atoms with Crippen molar-refractivity contribution in [2.45, 2.75) is 26.5 Å². The summed E-state index contributed by atoms with van der Waals surface area (Å²) in [5, 5.41) is 9.03. The zero-order valence-electron chi connectivity index (χ0n) is 12.9. The van der Waals surface area contributed by atoms with E-state index in [0.29, 0.717) is 5.76 Å². The van der Waals surface area contributed by atoms with E-state index in [-0.39, 0.29) is 6.61 Å². The van der Waals surface area contributed by atoms with Gasteiger partial charge in [-0.25, -0.2) is 9.97 Å². The van der Waals surface area contributed by atoms with Crippen molar-refractivity contribution in [3.63, 3.8) is 0 Å². The van der Waals surface area contributed by atoms with Crippen molar-refractivity contribution in [1.82, 2.24) is 14.9 Å². The van der Waals surface area contributed by atoms with E-state index in [2.05, 4.69) is 32.8 Å². The first-order chi connectivity index (χ1) is 10.8. The van der Waals surface area contributed by atoms with E-state index in [1.807, 2.05) is 12.1 Å². The lowest BCUT2D eigenvalue weighted by Crippen LogP contribution is -2.46. The molecular formula is C16H22N4O2. The molecule has 2 aromatic heterocycles. The van der Waals surface area contributed by atoms with Gasteiger partial charge < -0.3 is 14.4 Å². The first kappa shape index (κ1) is 15.0. The van der Waals surface area contributed by atoms with Crippen LogP contribution in [-0.4, -0.2) is 46.2 Å². The average molecular weight is 302 g/mol. The van der Waals surface area contributed by atoms with Gasteiger partial charge in [-0.05, 0) is 18.6 Å². The molecule has 0 bridgehead atoms. The number of hydrogen-bond acceptors (Lipinski definition) is 6. The van der Waals surface area contributed by atoms with Crippen LogP contribution in [0.4, 0.5) is 5.82 Å². The second kappa shape index (κ2) is 6.89. The molecule has 118 valence electrons. The number of aliphatic hydroxyl groups excluding tert-OH is 1. The Kier molecular flexibility index (Phi) is 4.70. The highest BCUT2D eigenvalue weighted by molar-refractivity contribution is 5.39. The molecule has 1 N–H and O–H groups in total. The van der Waals surface area contributed by atoms with Gasteiger partial charge in [-0.1, -0.05) is 6.92 Å². The second-order valence-electron chi connectivity index (χ2n) is 5.51. The van der Waals surface area contributed by atoms with Gasteiger partial charge in [-0.15, -0.1) is 0 Å². The van der Waals surface area contributed by atoms with E-state index >= 15 is 0 Å². The largest absolute Gasteiger partial charge is 0.462 e. The van der Waals surface area contributed by atoms with Gasteiger partial charge in [0.05, 0.1) is 6.54 Å². The summed E-state index contributed by atoms with van der Waals surface area (Å²) in [6.45, 7) is 6.70. The van der Waals surface area contributed by atoms with Crippen LogP contribution in [0.3, 0.4) is 0 Å². The van der Waals surface area contributed by atoms with Crippen molar-refractivity contribution in [3.05, 3.63) is 41.7 Å². The SMILES string of the molecule is CCc1cc(N2CCN(Cc3ccc(CO)o3)CC2)ncn1. The molecule has 0 atom stereocenters. The van der Waals surface area contributed by atoms with Gasteiger partial charge in [0, 0.05) is 37.9 Å². The molecule has 0 saturated carbocycles. The molecule has 22 heavy (non-hydrogen) atoms. The summed E-state index contributed by atoms with van der Waals surface area (Å²) < 4.78 is 5.55. The number of hydrogen-bond donors (Lipinski definition) is 1. The normalized spacial score (nSPS) is 16.2. The quantitative estimate of drug-likeness (QED) is 0.902. The van der Waals surface area contributed by atoms with Gasteiger partial charge in [-0.3, -0.25) is 4.90 Å². The van der Waals surface area contributed by atoms with Crippen LogP contribution in [0, 0.1) is 0 Å². The minimum Gasteiger partial charge on any atom is -0.462 e. The molecule has 3 heterocycles. The highest BCUT2D eigenvalue weighted by Crippen LogP contribution is 2.16. The molecule has 6 nitrogen and oxygen atoms in total. The maximum atomic E-state index is 9.03. The summed E-state index contributed by atoms with van der Waals surface area (Å²) in [6.07, 6.45) is 2.58. The maximum absolute atomic E-state index is 9.03. The number of aryl methyl sites for hydroxylation is 1. The van der Waals surface area contributed by atoms with E-state index in [1.54, 1.807) is 6.33 Å². The third-order valence-corrected chi connectivity index (χ3v) is 4.02. The first-order valence-electron chi connectivity index (χ1n) is 7.75. The average Bonchev–Trinajstić information content (AvgIpc) is 3.03. The van der Waals surface area contributed by atoms with Gasteiger partial charge in [0.2, 0.25) is 0 Å². The highest BCUT2D eigenvalue weighted by atomic mass is 16.4. The molecular weight excluding hydrogens is 280 g/mol. The third-order valence-electron chi connectivity index (χ3n) is 4.02. The van der Waals surface area contributed by atoms with Crippen LogP contribution in [-0.2, 0) is 19.6 Å². The standard InChI is InChI=1S/C16H22N4O2/c1-2-13-9-16(18-12-17-13)20-7-5-19(6-8-20)10-14-3-4-15(11-21)22-14/h3-4,9,12,21H,2,5-8,10-11H2,1H3. The van der Waals surface area contributed by atoms with Crippen LogP contribution < -0.4 is 4.90 Å². The Morgan fingerprint density at radius 2 is 1.91 bits per heavy atom. The summed E-state index contributed by atoms with van der Waals surface area (Å²) >= 11 is 0. The number of furan rings is 1. The van der Waals surface area contributed by atoms with Crippen molar-refractivity contribution < 1.29 is 9.52 Å². The predicted molar refractivity (Wildman–Crippen MR) is 83.5 cm³/mol. The number of rotatable bonds is 5. The Morgan fingerprint density at radius 1 is 1.14 bits per heavy atom. The Hall–Kier alpha value is -1.92. The number of aliphatic hydroxyl groups is 1. The topological polar surface area (TPSA) is 65.6 Å². The van der Waals surface area contributed by atoms with E-state index in [4.69, 9.17) is 9.52 Å². The van der Waals surface area contributed by atoms with E-state index < -0.39 is 0 Å². The van der Waals surface area contributed by atoms with Crippen molar-refractivity contribution in [1.29, 1.82) is 0 Å². The Balaban J connectivity index is 1.55. The fourth-order valence-corrected chi connectivity index (χ4v) is 2.70. The molecule has 1 fully saturated rings. The molecule has 0 spiro atoms. The van der Waals surface area contributed by atoms with E-state index in [9.17, 15) is 0 Å². The molecule has 3 rings (SSSR count). The molecule has 0 unspecified atom stereocenters. The molecule has 6 heteroatoms. The lowest BCUT2D eigenvalue weighted by atomic mass is 10.2. The van der Waals surface area contributed by atoms with Crippen molar-refractivity contribution in [3.8, 4) is 0 Å². The van der Waals surface area contributed by atoms with Crippen molar-refractivity contribution >= 4 is 5.82 Å². The monoisotopic (exact) mass is 302 g/mol. The number of nitrogens with zero attached hydrogens (tertiary/aromatic N) is 4. The van der Waals surface area contributed by atoms with E-state index in [1.165, 1.54) is 0 Å². The minimum atomic E-state index is -0.0404. The van der Waals surface area contributed by atoms with Crippen LogP contribution >= 0.6 is 0 Å². The summed E-state index contributed by atoms with van der Waals surface area (Å²) in [7, 11) is 0. The molecule has 1 aliphatic rings. The maximum Gasteiger partial charge on any atom is 0.132 e. The van der Waals surface area contributed by atoms with Gasteiger partial charge in [0.1, 0.15) is 30.3 Å².